The van der Waals surface area contributed by atoms with Crippen LogP contribution in [-0.4, -0.2) is 69.4 Å². The van der Waals surface area contributed by atoms with E-state index in [9.17, 15) is 9.59 Å². The predicted molar refractivity (Wildman–Crippen MR) is 94.2 cm³/mol. The highest BCUT2D eigenvalue weighted by Crippen LogP contribution is 2.35. The third-order valence-corrected chi connectivity index (χ3v) is 4.38. The van der Waals surface area contributed by atoms with Gasteiger partial charge >= 0.3 is 6.03 Å². The normalized spacial score (nSPS) is 20.6. The van der Waals surface area contributed by atoms with E-state index in [1.165, 1.54) is 0 Å². The van der Waals surface area contributed by atoms with Gasteiger partial charge in [0, 0.05) is 45.0 Å². The lowest BCUT2D eigenvalue weighted by Crippen LogP contribution is -2.42. The molecule has 2 N–H and O–H groups in total. The predicted octanol–water partition coefficient (Wildman–Crippen LogP) is 0.884. The minimum Gasteiger partial charge on any atom is -0.479 e. The van der Waals surface area contributed by atoms with Crippen LogP contribution in [0.5, 0.6) is 5.75 Å². The van der Waals surface area contributed by atoms with Gasteiger partial charge in [-0.2, -0.15) is 0 Å². The average Bonchev–Trinajstić information content (AvgIpc) is 2.60. The minimum absolute atomic E-state index is 0.0888. The van der Waals surface area contributed by atoms with Crippen molar-refractivity contribution in [2.24, 2.45) is 0 Å². The summed E-state index contributed by atoms with van der Waals surface area (Å²) in [6, 6.07) is 4.99. The molecule has 136 valence electrons. The standard InChI is InChI=1S/C17H24N4O4/c1-12-16(22)20(2)14-4-3-13(11-15(14)25-12)19-17(23)18-5-6-21-7-9-24-10-8-21/h3-4,11-12H,5-10H2,1-2H3,(H2,18,19,23)/t12-/m0/s1. The van der Waals surface area contributed by atoms with Crippen molar-refractivity contribution < 1.29 is 19.1 Å². The van der Waals surface area contributed by atoms with Gasteiger partial charge in [-0.1, -0.05) is 0 Å². The molecule has 1 fully saturated rings. The van der Waals surface area contributed by atoms with Crippen molar-refractivity contribution in [3.05, 3.63) is 18.2 Å². The topological polar surface area (TPSA) is 83.1 Å². The Labute approximate surface area is 147 Å². The number of anilines is 2. The number of amides is 3. The molecule has 2 aliphatic heterocycles. The Morgan fingerprint density at radius 1 is 1.32 bits per heavy atom. The summed E-state index contributed by atoms with van der Waals surface area (Å²) in [4.78, 5) is 27.8. The minimum atomic E-state index is -0.532. The zero-order valence-electron chi connectivity index (χ0n) is 14.6. The smallest absolute Gasteiger partial charge is 0.319 e. The van der Waals surface area contributed by atoms with Gasteiger partial charge in [0.1, 0.15) is 5.75 Å². The molecule has 2 aliphatic rings. The van der Waals surface area contributed by atoms with E-state index in [0.717, 1.165) is 32.8 Å². The molecule has 1 saturated heterocycles. The van der Waals surface area contributed by atoms with Crippen molar-refractivity contribution in [1.29, 1.82) is 0 Å². The van der Waals surface area contributed by atoms with E-state index >= 15 is 0 Å². The van der Waals surface area contributed by atoms with Crippen LogP contribution in [0.25, 0.3) is 0 Å². The number of benzene rings is 1. The molecule has 0 unspecified atom stereocenters. The molecule has 0 spiro atoms. The molecule has 0 aliphatic carbocycles. The molecule has 1 aromatic carbocycles. The number of carbonyl (C=O) groups is 2. The van der Waals surface area contributed by atoms with Gasteiger partial charge in [-0.3, -0.25) is 9.69 Å². The van der Waals surface area contributed by atoms with Gasteiger partial charge in [0.15, 0.2) is 6.10 Å². The van der Waals surface area contributed by atoms with Crippen molar-refractivity contribution in [3.8, 4) is 5.75 Å². The first-order valence-electron chi connectivity index (χ1n) is 8.48. The lowest BCUT2D eigenvalue weighted by atomic mass is 10.2. The molecular weight excluding hydrogens is 324 g/mol. The quantitative estimate of drug-likeness (QED) is 0.844. The SMILES string of the molecule is C[C@@H]1Oc2cc(NC(=O)NCCN3CCOCC3)ccc2N(C)C1=O. The van der Waals surface area contributed by atoms with E-state index in [2.05, 4.69) is 15.5 Å². The average molecular weight is 348 g/mol. The number of rotatable bonds is 4. The first-order chi connectivity index (χ1) is 12.0. The van der Waals surface area contributed by atoms with Crippen molar-refractivity contribution >= 4 is 23.3 Å². The molecule has 2 heterocycles. The molecule has 8 heteroatoms. The Kier molecular flexibility index (Phi) is 5.40. The maximum atomic E-state index is 12.0. The fourth-order valence-electron chi connectivity index (χ4n) is 2.92. The van der Waals surface area contributed by atoms with Gasteiger partial charge < -0.3 is 25.0 Å². The maximum absolute atomic E-state index is 12.0. The van der Waals surface area contributed by atoms with Crippen LogP contribution in [-0.2, 0) is 9.53 Å². The number of hydrogen-bond donors (Lipinski definition) is 2. The van der Waals surface area contributed by atoms with Crippen molar-refractivity contribution in [3.63, 3.8) is 0 Å². The number of hydrogen-bond acceptors (Lipinski definition) is 5. The first kappa shape index (κ1) is 17.5. The highest BCUT2D eigenvalue weighted by atomic mass is 16.5. The molecule has 3 amide bonds. The van der Waals surface area contributed by atoms with Gasteiger partial charge in [0.25, 0.3) is 5.91 Å². The van der Waals surface area contributed by atoms with Crippen LogP contribution in [0.1, 0.15) is 6.92 Å². The van der Waals surface area contributed by atoms with Crippen LogP contribution in [0.4, 0.5) is 16.2 Å². The first-order valence-corrected chi connectivity index (χ1v) is 8.48. The summed E-state index contributed by atoms with van der Waals surface area (Å²) < 4.78 is 10.9. The number of urea groups is 1. The van der Waals surface area contributed by atoms with E-state index in [0.29, 0.717) is 23.7 Å². The molecule has 3 rings (SSSR count). The molecule has 0 radical (unpaired) electrons. The van der Waals surface area contributed by atoms with Gasteiger partial charge in [-0.25, -0.2) is 4.79 Å². The fraction of sp³-hybridized carbons (Fsp3) is 0.529. The molecule has 0 aromatic heterocycles. The highest BCUT2D eigenvalue weighted by molar-refractivity contribution is 6.00. The van der Waals surface area contributed by atoms with Crippen LogP contribution in [0.3, 0.4) is 0 Å². The number of nitrogens with one attached hydrogen (secondary N) is 2. The Morgan fingerprint density at radius 3 is 2.84 bits per heavy atom. The third-order valence-electron chi connectivity index (χ3n) is 4.38. The lowest BCUT2D eigenvalue weighted by molar-refractivity contribution is -0.125. The second kappa shape index (κ2) is 7.71. The van der Waals surface area contributed by atoms with Crippen molar-refractivity contribution in [2.45, 2.75) is 13.0 Å². The monoisotopic (exact) mass is 348 g/mol. The van der Waals surface area contributed by atoms with Crippen molar-refractivity contribution in [1.82, 2.24) is 10.2 Å². The van der Waals surface area contributed by atoms with E-state index in [-0.39, 0.29) is 11.9 Å². The summed E-state index contributed by atoms with van der Waals surface area (Å²) in [5.41, 5.74) is 1.32. The van der Waals surface area contributed by atoms with Gasteiger partial charge in [0.2, 0.25) is 0 Å². The Morgan fingerprint density at radius 2 is 2.08 bits per heavy atom. The number of ether oxygens (including phenoxy) is 2. The molecule has 0 saturated carbocycles. The number of morpholine rings is 1. The summed E-state index contributed by atoms with van der Waals surface area (Å²) in [5.74, 6) is 0.495. The number of carbonyl (C=O) groups excluding carboxylic acids is 2. The Balaban J connectivity index is 1.52. The molecule has 1 aromatic rings. The fourth-order valence-corrected chi connectivity index (χ4v) is 2.92. The van der Waals surface area contributed by atoms with Crippen molar-refractivity contribution in [2.75, 3.05) is 56.7 Å². The third kappa shape index (κ3) is 4.21. The zero-order valence-corrected chi connectivity index (χ0v) is 14.6. The second-order valence-corrected chi connectivity index (χ2v) is 6.17. The Hall–Kier alpha value is -2.32. The number of fused-ring (bicyclic) bond motifs is 1. The molecule has 8 nitrogen and oxygen atoms in total. The number of likely N-dealkylation sites (N-methyl/N-ethyl adjacent to an activating group) is 1. The van der Waals surface area contributed by atoms with Crippen LogP contribution >= 0.6 is 0 Å². The zero-order chi connectivity index (χ0) is 17.8. The lowest BCUT2D eigenvalue weighted by Gasteiger charge is -2.30. The highest BCUT2D eigenvalue weighted by Gasteiger charge is 2.28. The number of nitrogens with zero attached hydrogens (tertiary/aromatic N) is 2. The van der Waals surface area contributed by atoms with Crippen LogP contribution in [0, 0.1) is 0 Å². The summed E-state index contributed by atoms with van der Waals surface area (Å²) in [7, 11) is 1.71. The van der Waals surface area contributed by atoms with E-state index in [1.807, 2.05) is 0 Å². The summed E-state index contributed by atoms with van der Waals surface area (Å²) in [6.45, 7) is 6.37. The Bertz CT molecular complexity index is 646. The second-order valence-electron chi connectivity index (χ2n) is 6.17. The molecule has 1 atom stereocenters. The summed E-state index contributed by atoms with van der Waals surface area (Å²) >= 11 is 0. The molecule has 25 heavy (non-hydrogen) atoms. The van der Waals surface area contributed by atoms with E-state index in [4.69, 9.17) is 9.47 Å². The maximum Gasteiger partial charge on any atom is 0.319 e. The van der Waals surface area contributed by atoms with Crippen LogP contribution in [0.15, 0.2) is 18.2 Å². The van der Waals surface area contributed by atoms with Gasteiger partial charge in [-0.05, 0) is 19.1 Å². The van der Waals surface area contributed by atoms with Gasteiger partial charge in [0.05, 0.1) is 18.9 Å². The van der Waals surface area contributed by atoms with Crippen LogP contribution < -0.4 is 20.3 Å². The summed E-state index contributed by atoms with van der Waals surface area (Å²) in [6.07, 6.45) is -0.532. The molecule has 0 bridgehead atoms. The summed E-state index contributed by atoms with van der Waals surface area (Å²) in [5, 5.41) is 5.64. The van der Waals surface area contributed by atoms with E-state index in [1.54, 1.807) is 37.1 Å². The van der Waals surface area contributed by atoms with E-state index < -0.39 is 6.10 Å². The molecular formula is C17H24N4O4. The largest absolute Gasteiger partial charge is 0.479 e. The van der Waals surface area contributed by atoms with Gasteiger partial charge in [-0.15, -0.1) is 0 Å². The van der Waals surface area contributed by atoms with Crippen LogP contribution in [0.2, 0.25) is 0 Å².